The average molecular weight is 862 g/mol. The number of aromatic carboxylic acids is 1. The summed E-state index contributed by atoms with van der Waals surface area (Å²) >= 11 is 0. The van der Waals surface area contributed by atoms with Crippen LogP contribution in [0.3, 0.4) is 0 Å². The van der Waals surface area contributed by atoms with Crippen molar-refractivity contribution in [2.24, 2.45) is 5.73 Å². The third kappa shape index (κ3) is 11.6. The summed E-state index contributed by atoms with van der Waals surface area (Å²) in [5.74, 6) is -6.69. The van der Waals surface area contributed by atoms with Crippen molar-refractivity contribution in [2.75, 3.05) is 28.4 Å². The van der Waals surface area contributed by atoms with Crippen LogP contribution in [0.25, 0.3) is 0 Å². The minimum Gasteiger partial charge on any atom is -0.504 e. The van der Waals surface area contributed by atoms with Gasteiger partial charge in [-0.05, 0) is 111 Å². The molecule has 5 aromatic carbocycles. The van der Waals surface area contributed by atoms with Crippen LogP contribution in [-0.2, 0) is 14.3 Å². The van der Waals surface area contributed by atoms with E-state index in [0.29, 0.717) is 0 Å². The Balaban J connectivity index is 1.25. The molecule has 0 aromatic heterocycles. The van der Waals surface area contributed by atoms with Crippen LogP contribution in [0.4, 0.5) is 28.4 Å². The van der Waals surface area contributed by atoms with Gasteiger partial charge in [0.05, 0.1) is 27.8 Å². The summed E-state index contributed by atoms with van der Waals surface area (Å²) in [7, 11) is 1.11. The first-order chi connectivity index (χ1) is 29.9. The molecule has 0 unspecified atom stereocenters. The SMILES string of the molecule is CO[C@@H](C(N)=O)[C@H](NC(=O)c1ccc(NC(=O)c2ccc([N+](=O)[O-])cc2)cc1)C(=O)Nc1ccc(C(=O)Nc2ccc(C(=O)Nc3ccc(C(=O)O)cc3)c(O)c2OC(C)C)cc1. The van der Waals surface area contributed by atoms with Gasteiger partial charge in [-0.15, -0.1) is 0 Å². The first kappa shape index (κ1) is 45.4. The van der Waals surface area contributed by atoms with Gasteiger partial charge >= 0.3 is 5.97 Å². The van der Waals surface area contributed by atoms with Crippen LogP contribution in [0.1, 0.15) is 65.6 Å². The Morgan fingerprint density at radius 3 is 1.57 bits per heavy atom. The highest BCUT2D eigenvalue weighted by Gasteiger charge is 2.34. The van der Waals surface area contributed by atoms with E-state index in [4.69, 9.17) is 20.3 Å². The first-order valence-corrected chi connectivity index (χ1v) is 18.6. The van der Waals surface area contributed by atoms with E-state index >= 15 is 0 Å². The van der Waals surface area contributed by atoms with Crippen LogP contribution >= 0.6 is 0 Å². The molecule has 9 N–H and O–H groups in total. The minimum absolute atomic E-state index is 0.0100. The van der Waals surface area contributed by atoms with Gasteiger partial charge in [0, 0.05) is 53.0 Å². The standard InChI is InChI=1S/C43H39N7O13/c1-22(2)63-35-32(21-20-31(34(35)51)41(56)46-28-16-8-26(9-17-28)43(58)59)48-39(54)23-4-14-29(15-5-23)47-42(57)33(36(62-3)37(44)52)49-40(55)24-6-12-27(13-7-24)45-38(53)25-10-18-30(19-11-25)50(60)61/h4-22,33,36,51H,1-3H3,(H2,44,52)(H,45,53)(H,46,56)(H,47,57)(H,48,54)(H,49,55)(H,58,59)/t33-,36+/m0/s1. The fraction of sp³-hybridized carbons (Fsp3) is 0.140. The molecule has 0 saturated carbocycles. The van der Waals surface area contributed by atoms with Crippen molar-refractivity contribution < 1.29 is 58.2 Å². The number of hydrogen-bond acceptors (Lipinski definition) is 12. The third-order valence-corrected chi connectivity index (χ3v) is 8.93. The number of carbonyl (C=O) groups excluding carboxylic acids is 6. The molecule has 63 heavy (non-hydrogen) atoms. The van der Waals surface area contributed by atoms with Crippen molar-refractivity contribution >= 4 is 69.8 Å². The van der Waals surface area contributed by atoms with Crippen LogP contribution in [-0.4, -0.2) is 81.9 Å². The molecule has 2 atom stereocenters. The van der Waals surface area contributed by atoms with Gasteiger partial charge < -0.3 is 52.0 Å². The molecule has 20 heteroatoms. The normalized spacial score (nSPS) is 11.6. The number of ether oxygens (including phenoxy) is 2. The number of carboxylic acids is 1. The summed E-state index contributed by atoms with van der Waals surface area (Å²) < 4.78 is 10.9. The number of phenolic OH excluding ortho intramolecular Hbond substituents is 1. The first-order valence-electron chi connectivity index (χ1n) is 18.6. The lowest BCUT2D eigenvalue weighted by Gasteiger charge is -2.24. The highest BCUT2D eigenvalue weighted by atomic mass is 16.6. The molecule has 5 aromatic rings. The Morgan fingerprint density at radius 2 is 1.10 bits per heavy atom. The van der Waals surface area contributed by atoms with E-state index in [1.165, 1.54) is 109 Å². The summed E-state index contributed by atoms with van der Waals surface area (Å²) in [6.07, 6.45) is -2.13. The zero-order chi connectivity index (χ0) is 46.0. The number of methoxy groups -OCH3 is 1. The number of primary amides is 1. The van der Waals surface area contributed by atoms with Crippen molar-refractivity contribution in [1.29, 1.82) is 0 Å². The number of carbonyl (C=O) groups is 7. The molecule has 0 aliphatic heterocycles. The van der Waals surface area contributed by atoms with Gasteiger partial charge in [0.2, 0.25) is 11.8 Å². The molecule has 324 valence electrons. The summed E-state index contributed by atoms with van der Waals surface area (Å²) in [6.45, 7) is 3.33. The number of anilines is 4. The maximum atomic E-state index is 13.5. The summed E-state index contributed by atoms with van der Waals surface area (Å²) in [4.78, 5) is 99.6. The molecule has 0 aliphatic rings. The fourth-order valence-corrected chi connectivity index (χ4v) is 5.78. The lowest BCUT2D eigenvalue weighted by molar-refractivity contribution is -0.384. The number of carboxylic acid groups (broad SMARTS) is 1. The molecule has 0 spiro atoms. The molecule has 0 saturated heterocycles. The van der Waals surface area contributed by atoms with Crippen molar-refractivity contribution in [2.45, 2.75) is 32.1 Å². The Morgan fingerprint density at radius 1 is 0.635 bits per heavy atom. The minimum atomic E-state index is -1.65. The monoisotopic (exact) mass is 861 g/mol. The van der Waals surface area contributed by atoms with Crippen LogP contribution < -0.4 is 37.1 Å². The number of benzene rings is 5. The third-order valence-electron chi connectivity index (χ3n) is 8.93. The van der Waals surface area contributed by atoms with Crippen molar-refractivity contribution in [3.63, 3.8) is 0 Å². The van der Waals surface area contributed by atoms with Crippen molar-refractivity contribution in [1.82, 2.24) is 5.32 Å². The Hall–Kier alpha value is -8.65. The number of nitro groups is 1. The molecule has 0 radical (unpaired) electrons. The predicted octanol–water partition coefficient (Wildman–Crippen LogP) is 4.78. The van der Waals surface area contributed by atoms with Crippen LogP contribution in [0.15, 0.2) is 109 Å². The number of phenols is 1. The number of nitro benzene ring substituents is 1. The number of nitrogens with zero attached hydrogens (tertiary/aromatic N) is 1. The zero-order valence-electron chi connectivity index (χ0n) is 33.5. The smallest absolute Gasteiger partial charge is 0.335 e. The maximum Gasteiger partial charge on any atom is 0.335 e. The predicted molar refractivity (Wildman–Crippen MR) is 227 cm³/mol. The molecule has 0 fully saturated rings. The Bertz CT molecular complexity index is 2560. The molecular formula is C43H39N7O13. The van der Waals surface area contributed by atoms with Gasteiger partial charge in [0.15, 0.2) is 17.6 Å². The van der Waals surface area contributed by atoms with E-state index in [9.17, 15) is 48.8 Å². The topological polar surface area (TPSA) is 308 Å². The largest absolute Gasteiger partial charge is 0.504 e. The van der Waals surface area contributed by atoms with Gasteiger partial charge in [-0.25, -0.2) is 4.79 Å². The Labute approximate surface area is 357 Å². The van der Waals surface area contributed by atoms with E-state index < -0.39 is 70.3 Å². The highest BCUT2D eigenvalue weighted by molar-refractivity contribution is 6.10. The number of nitrogens with one attached hydrogen (secondary N) is 5. The molecule has 20 nitrogen and oxygen atoms in total. The van der Waals surface area contributed by atoms with Crippen molar-refractivity contribution in [3.05, 3.63) is 147 Å². The van der Waals surface area contributed by atoms with E-state index in [1.54, 1.807) is 13.8 Å². The van der Waals surface area contributed by atoms with E-state index in [0.717, 1.165) is 7.11 Å². The van der Waals surface area contributed by atoms with Gasteiger partial charge in [0.25, 0.3) is 29.3 Å². The van der Waals surface area contributed by atoms with Gasteiger partial charge in [0.1, 0.15) is 6.04 Å². The number of nitrogens with two attached hydrogens (primary N) is 1. The number of rotatable bonds is 17. The van der Waals surface area contributed by atoms with E-state index in [2.05, 4.69) is 26.6 Å². The van der Waals surface area contributed by atoms with Crippen LogP contribution in [0, 0.1) is 10.1 Å². The van der Waals surface area contributed by atoms with Crippen molar-refractivity contribution in [3.8, 4) is 11.5 Å². The molecule has 0 heterocycles. The second kappa shape index (κ2) is 20.1. The van der Waals surface area contributed by atoms with Crippen LogP contribution in [0.5, 0.6) is 11.5 Å². The average Bonchev–Trinajstić information content (AvgIpc) is 3.25. The number of hydrogen-bond donors (Lipinski definition) is 8. The fourth-order valence-electron chi connectivity index (χ4n) is 5.78. The maximum absolute atomic E-state index is 13.5. The highest BCUT2D eigenvalue weighted by Crippen LogP contribution is 2.39. The van der Waals surface area contributed by atoms with E-state index in [-0.39, 0.29) is 62.0 Å². The second-order valence-electron chi connectivity index (χ2n) is 13.7. The summed E-state index contributed by atoms with van der Waals surface area (Å²) in [5, 5.41) is 43.9. The zero-order valence-corrected chi connectivity index (χ0v) is 33.5. The lowest BCUT2D eigenvalue weighted by atomic mass is 10.1. The van der Waals surface area contributed by atoms with Gasteiger partial charge in [-0.2, -0.15) is 0 Å². The number of amides is 6. The lowest BCUT2D eigenvalue weighted by Crippen LogP contribution is -2.56. The second-order valence-corrected chi connectivity index (χ2v) is 13.7. The number of aromatic hydroxyl groups is 1. The number of non-ortho nitro benzene ring substituents is 1. The van der Waals surface area contributed by atoms with Gasteiger partial charge in [-0.1, -0.05) is 0 Å². The Kier molecular flexibility index (Phi) is 14.5. The van der Waals surface area contributed by atoms with Gasteiger partial charge in [-0.3, -0.25) is 38.9 Å². The summed E-state index contributed by atoms with van der Waals surface area (Å²) in [5.41, 5.74) is 6.05. The molecular weight excluding hydrogens is 823 g/mol. The molecule has 5 rings (SSSR count). The summed E-state index contributed by atoms with van der Waals surface area (Å²) in [6, 6.07) is 22.1. The van der Waals surface area contributed by atoms with E-state index in [1.807, 2.05) is 0 Å². The molecule has 0 aliphatic carbocycles. The molecule has 6 amide bonds. The van der Waals surface area contributed by atoms with Crippen LogP contribution in [0.2, 0.25) is 0 Å². The quantitative estimate of drug-likeness (QED) is 0.0462. The molecule has 0 bridgehead atoms.